The first kappa shape index (κ1) is 17.7. The van der Waals surface area contributed by atoms with Crippen LogP contribution in [-0.4, -0.2) is 38.2 Å². The molecule has 4 rings (SSSR count). The van der Waals surface area contributed by atoms with E-state index >= 15 is 0 Å². The highest BCUT2D eigenvalue weighted by atomic mass is 79.9. The quantitative estimate of drug-likeness (QED) is 0.671. The number of hydrogen-bond donors (Lipinski definition) is 1. The SMILES string of the molecule is O=C(Nc1nc2c(s1)CN(C(=O)c1ccccc1Br)CC2)c1cnccn1. The predicted molar refractivity (Wildman–Crippen MR) is 105 cm³/mol. The van der Waals surface area contributed by atoms with Crippen molar-refractivity contribution >= 4 is 44.2 Å². The summed E-state index contributed by atoms with van der Waals surface area (Å²) in [5, 5.41) is 3.26. The zero-order valence-electron chi connectivity index (χ0n) is 14.1. The standard InChI is InChI=1S/C18H14BrN5O2S/c19-12-4-2-1-3-11(12)17(26)24-8-5-13-15(10-24)27-18(22-13)23-16(25)14-9-20-6-7-21-14/h1-4,6-7,9H,5,8,10H2,(H,22,23,25). The summed E-state index contributed by atoms with van der Waals surface area (Å²) in [6.07, 6.45) is 5.03. The monoisotopic (exact) mass is 443 g/mol. The van der Waals surface area contributed by atoms with Crippen LogP contribution in [0, 0.1) is 0 Å². The van der Waals surface area contributed by atoms with Crippen molar-refractivity contribution in [3.63, 3.8) is 0 Å². The van der Waals surface area contributed by atoms with Gasteiger partial charge in [-0.05, 0) is 28.1 Å². The van der Waals surface area contributed by atoms with Crippen molar-refractivity contribution in [1.82, 2.24) is 19.9 Å². The van der Waals surface area contributed by atoms with Crippen molar-refractivity contribution in [3.05, 3.63) is 69.2 Å². The molecule has 3 aromatic rings. The number of aromatic nitrogens is 3. The lowest BCUT2D eigenvalue weighted by molar-refractivity contribution is 0.0735. The van der Waals surface area contributed by atoms with Gasteiger partial charge in [-0.1, -0.05) is 23.5 Å². The Balaban J connectivity index is 1.49. The van der Waals surface area contributed by atoms with Gasteiger partial charge in [-0.3, -0.25) is 19.9 Å². The van der Waals surface area contributed by atoms with Crippen LogP contribution in [0.5, 0.6) is 0 Å². The Hall–Kier alpha value is -2.65. The van der Waals surface area contributed by atoms with Gasteiger partial charge >= 0.3 is 0 Å². The van der Waals surface area contributed by atoms with Crippen LogP contribution in [-0.2, 0) is 13.0 Å². The average molecular weight is 444 g/mol. The number of benzene rings is 1. The summed E-state index contributed by atoms with van der Waals surface area (Å²) in [6.45, 7) is 1.07. The summed E-state index contributed by atoms with van der Waals surface area (Å²) >= 11 is 4.81. The van der Waals surface area contributed by atoms with E-state index in [4.69, 9.17) is 0 Å². The van der Waals surface area contributed by atoms with Crippen LogP contribution < -0.4 is 5.32 Å². The molecule has 0 spiro atoms. The molecule has 136 valence electrons. The molecule has 0 saturated carbocycles. The van der Waals surface area contributed by atoms with Crippen molar-refractivity contribution < 1.29 is 9.59 Å². The number of carbonyl (C=O) groups is 2. The maximum atomic E-state index is 12.8. The van der Waals surface area contributed by atoms with Crippen LogP contribution in [0.1, 0.15) is 31.4 Å². The first-order valence-corrected chi connectivity index (χ1v) is 9.82. The largest absolute Gasteiger partial charge is 0.333 e. The van der Waals surface area contributed by atoms with Crippen LogP contribution in [0.4, 0.5) is 5.13 Å². The number of rotatable bonds is 3. The third-order valence-corrected chi connectivity index (χ3v) is 5.83. The third kappa shape index (κ3) is 3.74. The molecule has 0 radical (unpaired) electrons. The lowest BCUT2D eigenvalue weighted by atomic mass is 10.1. The molecule has 0 saturated heterocycles. The highest BCUT2D eigenvalue weighted by Crippen LogP contribution is 2.30. The topological polar surface area (TPSA) is 88.1 Å². The molecule has 0 fully saturated rings. The van der Waals surface area contributed by atoms with Gasteiger partial charge in [-0.15, -0.1) is 0 Å². The number of hydrogen-bond acceptors (Lipinski definition) is 6. The summed E-state index contributed by atoms with van der Waals surface area (Å²) in [4.78, 5) is 40.1. The minimum atomic E-state index is -0.352. The lowest BCUT2D eigenvalue weighted by Crippen LogP contribution is -2.35. The zero-order chi connectivity index (χ0) is 18.8. The summed E-state index contributed by atoms with van der Waals surface area (Å²) in [5.74, 6) is -0.373. The first-order valence-electron chi connectivity index (χ1n) is 8.21. The van der Waals surface area contributed by atoms with E-state index in [0.717, 1.165) is 15.0 Å². The summed E-state index contributed by atoms with van der Waals surface area (Å²) in [6, 6.07) is 7.39. The van der Waals surface area contributed by atoms with E-state index in [1.807, 2.05) is 18.2 Å². The van der Waals surface area contributed by atoms with Gasteiger partial charge in [0.25, 0.3) is 11.8 Å². The fraction of sp³-hybridized carbons (Fsp3) is 0.167. The molecular formula is C18H14BrN5O2S. The second-order valence-corrected chi connectivity index (χ2v) is 7.83. The molecule has 1 aliphatic heterocycles. The summed E-state index contributed by atoms with van der Waals surface area (Å²) in [7, 11) is 0. The highest BCUT2D eigenvalue weighted by Gasteiger charge is 2.26. The first-order chi connectivity index (χ1) is 13.1. The van der Waals surface area contributed by atoms with Gasteiger partial charge in [0.1, 0.15) is 5.69 Å². The fourth-order valence-corrected chi connectivity index (χ4v) is 4.28. The van der Waals surface area contributed by atoms with Gasteiger partial charge in [-0.25, -0.2) is 9.97 Å². The minimum absolute atomic E-state index is 0.0216. The molecule has 0 aliphatic carbocycles. The number of amides is 2. The lowest BCUT2D eigenvalue weighted by Gasteiger charge is -2.26. The molecule has 1 N–H and O–H groups in total. The summed E-state index contributed by atoms with van der Waals surface area (Å²) < 4.78 is 0.780. The molecule has 2 aromatic heterocycles. The van der Waals surface area contributed by atoms with E-state index in [-0.39, 0.29) is 17.5 Å². The minimum Gasteiger partial charge on any atom is -0.333 e. The molecular weight excluding hydrogens is 430 g/mol. The molecule has 2 amide bonds. The van der Waals surface area contributed by atoms with Crippen molar-refractivity contribution in [3.8, 4) is 0 Å². The Bertz CT molecular complexity index is 1010. The molecule has 0 bridgehead atoms. The van der Waals surface area contributed by atoms with Crippen LogP contribution >= 0.6 is 27.3 Å². The molecule has 0 atom stereocenters. The van der Waals surface area contributed by atoms with E-state index in [9.17, 15) is 9.59 Å². The highest BCUT2D eigenvalue weighted by molar-refractivity contribution is 9.10. The summed E-state index contributed by atoms with van der Waals surface area (Å²) in [5.41, 5.74) is 1.80. The van der Waals surface area contributed by atoms with Crippen molar-refractivity contribution in [2.75, 3.05) is 11.9 Å². The molecule has 27 heavy (non-hydrogen) atoms. The molecule has 7 nitrogen and oxygen atoms in total. The molecule has 0 unspecified atom stereocenters. The normalized spacial score (nSPS) is 13.1. The Morgan fingerprint density at radius 2 is 2.07 bits per heavy atom. The molecule has 1 aliphatic rings. The zero-order valence-corrected chi connectivity index (χ0v) is 16.5. The third-order valence-electron chi connectivity index (χ3n) is 4.14. The van der Waals surface area contributed by atoms with E-state index in [1.54, 1.807) is 11.0 Å². The molecule has 1 aromatic carbocycles. The number of nitrogens with one attached hydrogen (secondary N) is 1. The smallest absolute Gasteiger partial charge is 0.277 e. The van der Waals surface area contributed by atoms with Crippen molar-refractivity contribution in [1.29, 1.82) is 0 Å². The van der Waals surface area contributed by atoms with Crippen LogP contribution in [0.15, 0.2) is 47.3 Å². The van der Waals surface area contributed by atoms with Crippen LogP contribution in [0.2, 0.25) is 0 Å². The van der Waals surface area contributed by atoms with E-state index in [2.05, 4.69) is 36.2 Å². The Morgan fingerprint density at radius 1 is 1.22 bits per heavy atom. The van der Waals surface area contributed by atoms with E-state index in [0.29, 0.717) is 30.2 Å². The Labute approximate surface area is 167 Å². The number of halogens is 1. The van der Waals surface area contributed by atoms with Crippen molar-refractivity contribution in [2.45, 2.75) is 13.0 Å². The Kier molecular flexibility index (Phi) is 4.95. The molecule has 3 heterocycles. The van der Waals surface area contributed by atoms with Gasteiger partial charge in [0.2, 0.25) is 0 Å². The second-order valence-electron chi connectivity index (χ2n) is 5.89. The van der Waals surface area contributed by atoms with Gasteiger partial charge in [0.15, 0.2) is 5.13 Å². The van der Waals surface area contributed by atoms with Crippen LogP contribution in [0.25, 0.3) is 0 Å². The number of anilines is 1. The fourth-order valence-electron chi connectivity index (χ4n) is 2.80. The average Bonchev–Trinajstić information content (AvgIpc) is 3.10. The van der Waals surface area contributed by atoms with E-state index < -0.39 is 0 Å². The van der Waals surface area contributed by atoms with Gasteiger partial charge in [0.05, 0.1) is 24.0 Å². The number of thiazole rings is 1. The maximum absolute atomic E-state index is 12.8. The predicted octanol–water partition coefficient (Wildman–Crippen LogP) is 3.15. The Morgan fingerprint density at radius 3 is 2.85 bits per heavy atom. The number of nitrogens with zero attached hydrogens (tertiary/aromatic N) is 4. The van der Waals surface area contributed by atoms with E-state index in [1.165, 1.54) is 29.9 Å². The maximum Gasteiger partial charge on any atom is 0.277 e. The van der Waals surface area contributed by atoms with Gasteiger partial charge < -0.3 is 4.90 Å². The molecule has 9 heteroatoms. The van der Waals surface area contributed by atoms with Crippen LogP contribution in [0.3, 0.4) is 0 Å². The number of carbonyl (C=O) groups excluding carboxylic acids is 2. The number of fused-ring (bicyclic) bond motifs is 1. The van der Waals surface area contributed by atoms with Gasteiger partial charge in [0, 0.05) is 34.7 Å². The second kappa shape index (κ2) is 7.53. The van der Waals surface area contributed by atoms with Crippen molar-refractivity contribution in [2.24, 2.45) is 0 Å². The van der Waals surface area contributed by atoms with Gasteiger partial charge in [-0.2, -0.15) is 0 Å².